The molecule has 1 unspecified atom stereocenters. The predicted molar refractivity (Wildman–Crippen MR) is 77.7 cm³/mol. The Kier molecular flexibility index (Phi) is 5.01. The second-order valence-corrected chi connectivity index (χ2v) is 4.62. The van der Waals surface area contributed by atoms with Crippen LogP contribution in [0.4, 0.5) is 0 Å². The summed E-state index contributed by atoms with van der Waals surface area (Å²) in [5.74, 6) is 0.519. The Bertz CT molecular complexity index is 542. The molecule has 5 nitrogen and oxygen atoms in total. The van der Waals surface area contributed by atoms with Gasteiger partial charge in [-0.2, -0.15) is 0 Å². The van der Waals surface area contributed by atoms with Crippen LogP contribution in [-0.2, 0) is 0 Å². The molecule has 0 saturated heterocycles. The molecule has 5 heteroatoms. The molecule has 20 heavy (non-hydrogen) atoms. The summed E-state index contributed by atoms with van der Waals surface area (Å²) in [6, 6.07) is 5.77. The number of nitrogens with one attached hydrogen (secondary N) is 1. The van der Waals surface area contributed by atoms with Gasteiger partial charge in [0, 0.05) is 18.5 Å². The van der Waals surface area contributed by atoms with E-state index in [2.05, 4.69) is 34.3 Å². The van der Waals surface area contributed by atoms with Crippen LogP contribution in [0, 0.1) is 6.92 Å². The third-order valence-electron chi connectivity index (χ3n) is 3.15. The first-order chi connectivity index (χ1) is 9.76. The molecule has 0 radical (unpaired) electrons. The second kappa shape index (κ2) is 6.96. The summed E-state index contributed by atoms with van der Waals surface area (Å²) >= 11 is 0. The van der Waals surface area contributed by atoms with E-state index in [0.717, 1.165) is 24.2 Å². The summed E-state index contributed by atoms with van der Waals surface area (Å²) in [7, 11) is 1.59. The number of pyridine rings is 1. The molecule has 0 aliphatic rings. The van der Waals surface area contributed by atoms with Crippen molar-refractivity contribution < 1.29 is 4.74 Å². The van der Waals surface area contributed by atoms with Crippen LogP contribution in [0.2, 0.25) is 0 Å². The van der Waals surface area contributed by atoms with Gasteiger partial charge in [-0.15, -0.1) is 10.2 Å². The first kappa shape index (κ1) is 14.4. The van der Waals surface area contributed by atoms with Gasteiger partial charge in [-0.25, -0.2) is 0 Å². The van der Waals surface area contributed by atoms with Gasteiger partial charge in [0.05, 0.1) is 18.8 Å². The Morgan fingerprint density at radius 2 is 2.10 bits per heavy atom. The van der Waals surface area contributed by atoms with Gasteiger partial charge < -0.3 is 10.1 Å². The number of aryl methyl sites for hydroxylation is 1. The van der Waals surface area contributed by atoms with Gasteiger partial charge in [-0.05, 0) is 43.1 Å². The molecule has 1 N–H and O–H groups in total. The number of rotatable bonds is 6. The number of nitrogens with zero attached hydrogens (tertiary/aromatic N) is 3. The van der Waals surface area contributed by atoms with Gasteiger partial charge in [0.15, 0.2) is 0 Å². The van der Waals surface area contributed by atoms with E-state index in [4.69, 9.17) is 4.74 Å². The van der Waals surface area contributed by atoms with Crippen molar-refractivity contribution in [3.05, 3.63) is 47.4 Å². The smallest absolute Gasteiger partial charge is 0.233 e. The predicted octanol–water partition coefficient (Wildman–Crippen LogP) is 2.28. The van der Waals surface area contributed by atoms with Gasteiger partial charge in [-0.3, -0.25) is 4.98 Å². The maximum Gasteiger partial charge on any atom is 0.233 e. The van der Waals surface area contributed by atoms with Crippen molar-refractivity contribution in [2.45, 2.75) is 26.3 Å². The summed E-state index contributed by atoms with van der Waals surface area (Å²) < 4.78 is 5.05. The molecule has 0 aliphatic heterocycles. The fraction of sp³-hybridized carbons (Fsp3) is 0.400. The summed E-state index contributed by atoms with van der Waals surface area (Å²) in [6.07, 6.45) is 4.74. The molecule has 0 saturated carbocycles. The van der Waals surface area contributed by atoms with E-state index in [9.17, 15) is 0 Å². The van der Waals surface area contributed by atoms with Crippen LogP contribution < -0.4 is 10.1 Å². The van der Waals surface area contributed by atoms with Crippen LogP contribution in [0.15, 0.2) is 30.6 Å². The standard InChI is InChI=1S/C15H20N4O/c1-4-8-17-15(12-10-16-9-7-11(12)2)13-5-6-14(20-3)19-18-13/h5-7,9-10,15,17H,4,8H2,1-3H3. The summed E-state index contributed by atoms with van der Waals surface area (Å²) in [6.45, 7) is 5.13. The van der Waals surface area contributed by atoms with E-state index in [0.29, 0.717) is 5.88 Å². The zero-order valence-corrected chi connectivity index (χ0v) is 12.1. The lowest BCUT2D eigenvalue weighted by molar-refractivity contribution is 0.390. The van der Waals surface area contributed by atoms with Crippen LogP contribution in [-0.4, -0.2) is 28.8 Å². The van der Waals surface area contributed by atoms with Crippen molar-refractivity contribution in [2.75, 3.05) is 13.7 Å². The highest BCUT2D eigenvalue weighted by Crippen LogP contribution is 2.23. The molecule has 2 rings (SSSR count). The highest BCUT2D eigenvalue weighted by atomic mass is 16.5. The van der Waals surface area contributed by atoms with Crippen LogP contribution in [0.25, 0.3) is 0 Å². The lowest BCUT2D eigenvalue weighted by Crippen LogP contribution is -2.25. The van der Waals surface area contributed by atoms with Crippen molar-refractivity contribution in [1.82, 2.24) is 20.5 Å². The zero-order valence-electron chi connectivity index (χ0n) is 12.1. The van der Waals surface area contributed by atoms with E-state index in [1.54, 1.807) is 13.3 Å². The molecule has 0 aliphatic carbocycles. The Hall–Kier alpha value is -2.01. The Morgan fingerprint density at radius 1 is 1.25 bits per heavy atom. The van der Waals surface area contributed by atoms with Gasteiger partial charge in [0.1, 0.15) is 0 Å². The van der Waals surface area contributed by atoms with Crippen LogP contribution >= 0.6 is 0 Å². The zero-order chi connectivity index (χ0) is 14.4. The van der Waals surface area contributed by atoms with Crippen LogP contribution in [0.1, 0.15) is 36.2 Å². The highest BCUT2D eigenvalue weighted by molar-refractivity contribution is 5.32. The van der Waals surface area contributed by atoms with Crippen LogP contribution in [0.3, 0.4) is 0 Å². The van der Waals surface area contributed by atoms with E-state index in [1.807, 2.05) is 24.4 Å². The van der Waals surface area contributed by atoms with Gasteiger partial charge in [-0.1, -0.05) is 6.92 Å². The van der Waals surface area contributed by atoms with Crippen molar-refractivity contribution in [1.29, 1.82) is 0 Å². The molecule has 0 spiro atoms. The third-order valence-corrected chi connectivity index (χ3v) is 3.15. The van der Waals surface area contributed by atoms with E-state index >= 15 is 0 Å². The van der Waals surface area contributed by atoms with Gasteiger partial charge >= 0.3 is 0 Å². The Balaban J connectivity index is 2.33. The molecule has 0 fully saturated rings. The molecular formula is C15H20N4O. The first-order valence-electron chi connectivity index (χ1n) is 6.77. The number of aromatic nitrogens is 3. The highest BCUT2D eigenvalue weighted by Gasteiger charge is 2.17. The first-order valence-corrected chi connectivity index (χ1v) is 6.77. The Morgan fingerprint density at radius 3 is 2.70 bits per heavy atom. The maximum atomic E-state index is 5.05. The lowest BCUT2D eigenvalue weighted by Gasteiger charge is -2.19. The van der Waals surface area contributed by atoms with Gasteiger partial charge in [0.25, 0.3) is 0 Å². The topological polar surface area (TPSA) is 59.9 Å². The minimum Gasteiger partial charge on any atom is -0.480 e. The minimum atomic E-state index is 0.00190. The summed E-state index contributed by atoms with van der Waals surface area (Å²) in [5.41, 5.74) is 3.18. The van der Waals surface area contributed by atoms with Crippen molar-refractivity contribution in [3.8, 4) is 5.88 Å². The van der Waals surface area contributed by atoms with Crippen molar-refractivity contribution in [3.63, 3.8) is 0 Å². The molecule has 106 valence electrons. The fourth-order valence-electron chi connectivity index (χ4n) is 2.03. The SMILES string of the molecule is CCCNC(c1ccc(OC)nn1)c1cnccc1C. The maximum absolute atomic E-state index is 5.05. The molecule has 2 aromatic rings. The average Bonchev–Trinajstić information content (AvgIpc) is 2.50. The molecule has 0 bridgehead atoms. The second-order valence-electron chi connectivity index (χ2n) is 4.62. The van der Waals surface area contributed by atoms with E-state index in [1.165, 1.54) is 5.56 Å². The summed E-state index contributed by atoms with van der Waals surface area (Å²) in [5, 5.41) is 11.8. The fourth-order valence-corrected chi connectivity index (χ4v) is 2.03. The molecular weight excluding hydrogens is 252 g/mol. The average molecular weight is 272 g/mol. The van der Waals surface area contributed by atoms with E-state index < -0.39 is 0 Å². The molecule has 1 atom stereocenters. The number of hydrogen-bond acceptors (Lipinski definition) is 5. The van der Waals surface area contributed by atoms with E-state index in [-0.39, 0.29) is 6.04 Å². The Labute approximate surface area is 119 Å². The largest absolute Gasteiger partial charge is 0.480 e. The molecule has 2 heterocycles. The third kappa shape index (κ3) is 3.30. The molecule has 0 aromatic carbocycles. The van der Waals surface area contributed by atoms with Gasteiger partial charge in [0.2, 0.25) is 5.88 Å². The number of methoxy groups -OCH3 is 1. The normalized spacial score (nSPS) is 12.2. The lowest BCUT2D eigenvalue weighted by atomic mass is 10.0. The summed E-state index contributed by atoms with van der Waals surface area (Å²) in [4.78, 5) is 4.22. The molecule has 0 amide bonds. The number of ether oxygens (including phenoxy) is 1. The molecule has 2 aromatic heterocycles. The van der Waals surface area contributed by atoms with Crippen molar-refractivity contribution >= 4 is 0 Å². The monoisotopic (exact) mass is 272 g/mol. The number of hydrogen-bond donors (Lipinski definition) is 1. The van der Waals surface area contributed by atoms with Crippen molar-refractivity contribution in [2.24, 2.45) is 0 Å². The van der Waals surface area contributed by atoms with Crippen LogP contribution in [0.5, 0.6) is 5.88 Å². The quantitative estimate of drug-likeness (QED) is 0.874. The minimum absolute atomic E-state index is 0.00190.